The highest BCUT2D eigenvalue weighted by molar-refractivity contribution is 8.00. The molecule has 0 spiro atoms. The first kappa shape index (κ1) is 15.8. The first-order chi connectivity index (χ1) is 11.3. The Morgan fingerprint density at radius 3 is 2.65 bits per heavy atom. The van der Waals surface area contributed by atoms with Gasteiger partial charge in [0, 0.05) is 34.3 Å². The number of carbonyl (C=O) groups is 1. The molecule has 1 aliphatic carbocycles. The summed E-state index contributed by atoms with van der Waals surface area (Å²) >= 11 is 1.95. The summed E-state index contributed by atoms with van der Waals surface area (Å²) in [5, 5.41) is 3.64. The largest absolute Gasteiger partial charge is 0.323 e. The van der Waals surface area contributed by atoms with Gasteiger partial charge in [0.15, 0.2) is 0 Å². The third-order valence-electron chi connectivity index (χ3n) is 3.84. The molecule has 2 aromatic rings. The highest BCUT2D eigenvalue weighted by Gasteiger charge is 2.15. The third kappa shape index (κ3) is 4.96. The number of nitrogens with one attached hydrogen (secondary N) is 1. The van der Waals surface area contributed by atoms with Crippen LogP contribution in [0.1, 0.15) is 31.2 Å². The van der Waals surface area contributed by atoms with Gasteiger partial charge in [0.2, 0.25) is 5.91 Å². The lowest BCUT2D eigenvalue weighted by Crippen LogP contribution is -2.07. The van der Waals surface area contributed by atoms with Gasteiger partial charge in [-0.1, -0.05) is 18.9 Å². The zero-order chi connectivity index (χ0) is 15.9. The minimum atomic E-state index is -0.134. The van der Waals surface area contributed by atoms with Crippen LogP contribution >= 0.6 is 11.8 Å². The fourth-order valence-electron chi connectivity index (χ4n) is 2.65. The Balaban J connectivity index is 1.53. The second-order valence-electron chi connectivity index (χ2n) is 5.66. The Morgan fingerprint density at radius 2 is 1.96 bits per heavy atom. The second-order valence-corrected chi connectivity index (χ2v) is 7.03. The second kappa shape index (κ2) is 7.97. The highest BCUT2D eigenvalue weighted by atomic mass is 32.2. The lowest BCUT2D eigenvalue weighted by Gasteiger charge is -2.09. The van der Waals surface area contributed by atoms with Gasteiger partial charge < -0.3 is 5.32 Å². The molecule has 118 valence electrons. The molecule has 1 N–H and O–H groups in total. The molecule has 0 saturated heterocycles. The molecule has 0 atom stereocenters. The maximum atomic E-state index is 11.9. The van der Waals surface area contributed by atoms with E-state index in [0.717, 1.165) is 16.5 Å². The van der Waals surface area contributed by atoms with E-state index in [-0.39, 0.29) is 5.91 Å². The summed E-state index contributed by atoms with van der Waals surface area (Å²) in [5.41, 5.74) is 1.73. The number of nitrogens with zero attached hydrogens (tertiary/aromatic N) is 1. The van der Waals surface area contributed by atoms with Crippen molar-refractivity contribution in [1.82, 2.24) is 4.98 Å². The van der Waals surface area contributed by atoms with Crippen LogP contribution in [0.2, 0.25) is 0 Å². The third-order valence-corrected chi connectivity index (χ3v) is 5.19. The summed E-state index contributed by atoms with van der Waals surface area (Å²) in [7, 11) is 0. The van der Waals surface area contributed by atoms with Gasteiger partial charge in [-0.25, -0.2) is 0 Å². The number of hydrogen-bond acceptors (Lipinski definition) is 3. The molecule has 0 unspecified atom stereocenters. The van der Waals surface area contributed by atoms with Crippen LogP contribution in [-0.4, -0.2) is 16.1 Å². The van der Waals surface area contributed by atoms with Gasteiger partial charge in [-0.3, -0.25) is 9.78 Å². The average molecular weight is 324 g/mol. The zero-order valence-electron chi connectivity index (χ0n) is 12.9. The van der Waals surface area contributed by atoms with E-state index in [2.05, 4.69) is 22.4 Å². The van der Waals surface area contributed by atoms with Gasteiger partial charge in [-0.2, -0.15) is 0 Å². The number of rotatable bonds is 5. The van der Waals surface area contributed by atoms with Crippen molar-refractivity contribution in [3.8, 4) is 0 Å². The summed E-state index contributed by atoms with van der Waals surface area (Å²) in [5.74, 6) is -0.134. The van der Waals surface area contributed by atoms with Crippen LogP contribution in [-0.2, 0) is 4.79 Å². The number of carbonyl (C=O) groups excluding carboxylic acids is 1. The summed E-state index contributed by atoms with van der Waals surface area (Å²) in [6.45, 7) is 0. The summed E-state index contributed by atoms with van der Waals surface area (Å²) in [6, 6.07) is 11.9. The Labute approximate surface area is 141 Å². The lowest BCUT2D eigenvalue weighted by atomic mass is 10.2. The topological polar surface area (TPSA) is 42.0 Å². The molecular weight excluding hydrogens is 304 g/mol. The molecule has 1 aromatic carbocycles. The number of anilines is 1. The minimum Gasteiger partial charge on any atom is -0.323 e. The van der Waals surface area contributed by atoms with Crippen molar-refractivity contribution < 1.29 is 4.79 Å². The van der Waals surface area contributed by atoms with Crippen LogP contribution in [0.15, 0.2) is 59.8 Å². The molecule has 1 heterocycles. The first-order valence-corrected chi connectivity index (χ1v) is 8.83. The number of aromatic nitrogens is 1. The maximum Gasteiger partial charge on any atom is 0.248 e. The Hall–Kier alpha value is -2.07. The number of amides is 1. The zero-order valence-corrected chi connectivity index (χ0v) is 13.8. The van der Waals surface area contributed by atoms with Crippen LogP contribution in [0.4, 0.5) is 5.69 Å². The molecule has 23 heavy (non-hydrogen) atoms. The van der Waals surface area contributed by atoms with E-state index in [1.54, 1.807) is 18.5 Å². The van der Waals surface area contributed by atoms with Gasteiger partial charge >= 0.3 is 0 Å². The molecule has 1 fully saturated rings. The van der Waals surface area contributed by atoms with E-state index < -0.39 is 0 Å². The summed E-state index contributed by atoms with van der Waals surface area (Å²) in [6.07, 6.45) is 12.1. The Bertz CT molecular complexity index is 662. The van der Waals surface area contributed by atoms with Crippen LogP contribution in [0, 0.1) is 0 Å². The fraction of sp³-hybridized carbons (Fsp3) is 0.263. The molecule has 1 aliphatic rings. The van der Waals surface area contributed by atoms with Gasteiger partial charge in [0.1, 0.15) is 0 Å². The molecule has 0 bridgehead atoms. The average Bonchev–Trinajstić information content (AvgIpc) is 3.09. The van der Waals surface area contributed by atoms with Crippen molar-refractivity contribution >= 4 is 29.4 Å². The maximum absolute atomic E-state index is 11.9. The molecule has 3 nitrogen and oxygen atoms in total. The number of benzene rings is 1. The van der Waals surface area contributed by atoms with Crippen molar-refractivity contribution in [2.24, 2.45) is 0 Å². The summed E-state index contributed by atoms with van der Waals surface area (Å²) < 4.78 is 0. The Morgan fingerprint density at radius 1 is 1.17 bits per heavy atom. The molecule has 1 amide bonds. The normalized spacial score (nSPS) is 15.1. The lowest BCUT2D eigenvalue weighted by molar-refractivity contribution is -0.111. The van der Waals surface area contributed by atoms with Gasteiger partial charge in [0.25, 0.3) is 0 Å². The quantitative estimate of drug-likeness (QED) is 0.806. The molecule has 3 rings (SSSR count). The Kier molecular flexibility index (Phi) is 5.48. The van der Waals surface area contributed by atoms with Gasteiger partial charge in [0.05, 0.1) is 0 Å². The van der Waals surface area contributed by atoms with E-state index in [4.69, 9.17) is 0 Å². The monoisotopic (exact) mass is 324 g/mol. The van der Waals surface area contributed by atoms with Crippen molar-refractivity contribution in [3.63, 3.8) is 0 Å². The number of thioether (sulfide) groups is 1. The minimum absolute atomic E-state index is 0.134. The van der Waals surface area contributed by atoms with E-state index in [9.17, 15) is 4.79 Å². The fourth-order valence-corrected chi connectivity index (χ4v) is 3.89. The van der Waals surface area contributed by atoms with E-state index >= 15 is 0 Å². The van der Waals surface area contributed by atoms with E-state index in [0.29, 0.717) is 0 Å². The van der Waals surface area contributed by atoms with E-state index in [1.165, 1.54) is 36.7 Å². The predicted molar refractivity (Wildman–Crippen MR) is 96.5 cm³/mol. The molecule has 4 heteroatoms. The standard InChI is InChI=1S/C19H20N2OS/c22-19(12-7-15-4-3-13-20-14-15)21-16-8-10-18(11-9-16)23-17-5-1-2-6-17/h3-4,7-14,17H,1-2,5-6H2,(H,21,22). The predicted octanol–water partition coefficient (Wildman–Crippen LogP) is 4.77. The number of pyridine rings is 1. The van der Waals surface area contributed by atoms with Gasteiger partial charge in [-0.15, -0.1) is 11.8 Å². The van der Waals surface area contributed by atoms with E-state index in [1.807, 2.05) is 36.0 Å². The smallest absolute Gasteiger partial charge is 0.248 e. The molecule has 1 aromatic heterocycles. The van der Waals surface area contributed by atoms with Crippen molar-refractivity contribution in [3.05, 3.63) is 60.4 Å². The molecule has 0 radical (unpaired) electrons. The SMILES string of the molecule is O=C(C=Cc1cccnc1)Nc1ccc(SC2CCCC2)cc1. The van der Waals surface area contributed by atoms with Crippen LogP contribution in [0.25, 0.3) is 6.08 Å². The first-order valence-electron chi connectivity index (χ1n) is 7.95. The van der Waals surface area contributed by atoms with Crippen molar-refractivity contribution in [2.75, 3.05) is 5.32 Å². The molecular formula is C19H20N2OS. The number of hydrogen-bond donors (Lipinski definition) is 1. The van der Waals surface area contributed by atoms with Crippen LogP contribution in [0.5, 0.6) is 0 Å². The van der Waals surface area contributed by atoms with Crippen molar-refractivity contribution in [2.45, 2.75) is 35.8 Å². The molecule has 1 saturated carbocycles. The molecule has 0 aliphatic heterocycles. The van der Waals surface area contributed by atoms with Crippen LogP contribution < -0.4 is 5.32 Å². The van der Waals surface area contributed by atoms with Gasteiger partial charge in [-0.05, 0) is 54.8 Å². The van der Waals surface area contributed by atoms with Crippen LogP contribution in [0.3, 0.4) is 0 Å². The highest BCUT2D eigenvalue weighted by Crippen LogP contribution is 2.34. The van der Waals surface area contributed by atoms with Crippen molar-refractivity contribution in [1.29, 1.82) is 0 Å². The summed E-state index contributed by atoms with van der Waals surface area (Å²) in [4.78, 5) is 17.2.